The number of alkyl carbamates (subject to hydrolysis) is 1. The molecule has 0 saturated carbocycles. The molecule has 14 heteroatoms. The van der Waals surface area contributed by atoms with Crippen molar-refractivity contribution in [1.29, 1.82) is 0 Å². The highest BCUT2D eigenvalue weighted by atomic mass is 19.4. The Bertz CT molecular complexity index is 1390. The van der Waals surface area contributed by atoms with Crippen LogP contribution in [0, 0.1) is 0 Å². The largest absolute Gasteiger partial charge is 0.471 e. The van der Waals surface area contributed by atoms with Gasteiger partial charge in [0.05, 0.1) is 0 Å². The number of fused-ring (bicyclic) bond motifs is 3. The average Bonchev–Trinajstić information content (AvgIpc) is 3.34. The van der Waals surface area contributed by atoms with Crippen molar-refractivity contribution in [3.8, 4) is 11.1 Å². The molecule has 0 aliphatic heterocycles. The molecule has 0 saturated heterocycles. The minimum absolute atomic E-state index is 0.0314. The van der Waals surface area contributed by atoms with E-state index in [1.54, 1.807) is 5.32 Å². The quantitative estimate of drug-likeness (QED) is 0.131. The Hall–Kier alpha value is -4.88. The Kier molecular flexibility index (Phi) is 12.7. The molecule has 11 nitrogen and oxygen atoms in total. The van der Waals surface area contributed by atoms with Crippen molar-refractivity contribution in [2.24, 2.45) is 0 Å². The smallest absolute Gasteiger partial charge is 0.460 e. The van der Waals surface area contributed by atoms with Crippen molar-refractivity contribution < 1.29 is 46.6 Å². The van der Waals surface area contributed by atoms with E-state index in [1.165, 1.54) is 19.9 Å². The van der Waals surface area contributed by atoms with Crippen LogP contribution in [0.2, 0.25) is 0 Å². The van der Waals surface area contributed by atoms with Crippen LogP contribution in [-0.4, -0.2) is 73.8 Å². The van der Waals surface area contributed by atoms with E-state index in [0.29, 0.717) is 0 Å². The van der Waals surface area contributed by atoms with E-state index in [4.69, 9.17) is 9.47 Å². The minimum atomic E-state index is -5.02. The third kappa shape index (κ3) is 9.81. The van der Waals surface area contributed by atoms with E-state index in [1.807, 2.05) is 48.5 Å². The lowest BCUT2D eigenvalue weighted by atomic mass is 9.98. The Morgan fingerprint density at radius 3 is 2.02 bits per heavy atom. The summed E-state index contributed by atoms with van der Waals surface area (Å²) in [5, 5.41) is 9.12. The molecule has 46 heavy (non-hydrogen) atoms. The fourth-order valence-corrected chi connectivity index (χ4v) is 4.87. The molecule has 0 fully saturated rings. The number of esters is 1. The standard InChI is InChI=1S/C32H37F3N4O7/c1-4-17-45-29(42)20(3)38-27(40)19(2)37-28(41)26(15-9-10-16-36-30(43)32(33,34)35)39-31(44)46-18-25-23-13-7-5-11-21(23)22-12-6-8-14-24(22)25/h4-8,11-14,19-20,25-26H,1,9-10,15-18H2,2-3H3,(H,36,43)(H,37,41)(H,38,40)(H,39,44)/t19-,20-,26+/m1/s1. The first-order valence-electron chi connectivity index (χ1n) is 14.7. The molecule has 0 spiro atoms. The lowest BCUT2D eigenvalue weighted by molar-refractivity contribution is -0.173. The van der Waals surface area contributed by atoms with Crippen LogP contribution in [0.15, 0.2) is 61.2 Å². The number of amides is 4. The third-order valence-electron chi connectivity index (χ3n) is 7.22. The predicted molar refractivity (Wildman–Crippen MR) is 161 cm³/mol. The number of rotatable bonds is 15. The second kappa shape index (κ2) is 16.4. The SMILES string of the molecule is C=CCOC(=O)[C@@H](C)NC(=O)[C@@H](C)NC(=O)[C@H](CCCCNC(=O)C(F)(F)F)NC(=O)OCC1c2ccccc2-c2ccccc21. The van der Waals surface area contributed by atoms with Crippen LogP contribution in [0.25, 0.3) is 11.1 Å². The number of hydrogen-bond acceptors (Lipinski definition) is 7. The Morgan fingerprint density at radius 1 is 0.848 bits per heavy atom. The van der Waals surface area contributed by atoms with Gasteiger partial charge in [0.25, 0.3) is 0 Å². The minimum Gasteiger partial charge on any atom is -0.460 e. The molecule has 4 amide bonds. The summed E-state index contributed by atoms with van der Waals surface area (Å²) < 4.78 is 47.8. The fraction of sp³-hybridized carbons (Fsp3) is 0.406. The van der Waals surface area contributed by atoms with E-state index in [9.17, 15) is 37.1 Å². The molecule has 1 aliphatic carbocycles. The molecular formula is C32H37F3N4O7. The maximum atomic E-state index is 13.2. The van der Waals surface area contributed by atoms with Gasteiger partial charge in [0.15, 0.2) is 0 Å². The van der Waals surface area contributed by atoms with Crippen LogP contribution in [0.5, 0.6) is 0 Å². The normalized spacial score (nSPS) is 14.0. The molecule has 4 N–H and O–H groups in total. The summed E-state index contributed by atoms with van der Waals surface area (Å²) in [6, 6.07) is 12.1. The second-order valence-corrected chi connectivity index (χ2v) is 10.7. The van der Waals surface area contributed by atoms with E-state index in [2.05, 4.69) is 22.5 Å². The number of carbonyl (C=O) groups is 5. The van der Waals surface area contributed by atoms with E-state index < -0.39 is 54.1 Å². The monoisotopic (exact) mass is 646 g/mol. The lowest BCUT2D eigenvalue weighted by Crippen LogP contribution is -2.54. The highest BCUT2D eigenvalue weighted by molar-refractivity contribution is 5.92. The molecule has 3 atom stereocenters. The summed E-state index contributed by atoms with van der Waals surface area (Å²) in [6.45, 7) is 5.81. The molecule has 248 valence electrons. The Labute approximate surface area is 264 Å². The van der Waals surface area contributed by atoms with Crippen LogP contribution >= 0.6 is 0 Å². The highest BCUT2D eigenvalue weighted by Gasteiger charge is 2.38. The molecule has 3 rings (SSSR count). The molecule has 0 aromatic heterocycles. The lowest BCUT2D eigenvalue weighted by Gasteiger charge is -2.22. The number of halogens is 3. The topological polar surface area (TPSA) is 152 Å². The highest BCUT2D eigenvalue weighted by Crippen LogP contribution is 2.44. The summed E-state index contributed by atoms with van der Waals surface area (Å²) in [4.78, 5) is 61.7. The number of hydrogen-bond donors (Lipinski definition) is 4. The number of alkyl halides is 3. The van der Waals surface area contributed by atoms with Crippen molar-refractivity contribution in [2.75, 3.05) is 19.8 Å². The van der Waals surface area contributed by atoms with Gasteiger partial charge in [-0.2, -0.15) is 13.2 Å². The molecular weight excluding hydrogens is 609 g/mol. The first-order valence-corrected chi connectivity index (χ1v) is 14.7. The number of ether oxygens (including phenoxy) is 2. The second-order valence-electron chi connectivity index (χ2n) is 10.7. The molecule has 0 unspecified atom stereocenters. The molecule has 0 bridgehead atoms. The van der Waals surface area contributed by atoms with Crippen molar-refractivity contribution in [2.45, 2.75) is 63.3 Å². The summed E-state index contributed by atoms with van der Waals surface area (Å²) >= 11 is 0. The van der Waals surface area contributed by atoms with Crippen LogP contribution in [0.3, 0.4) is 0 Å². The Balaban J connectivity index is 1.62. The van der Waals surface area contributed by atoms with Crippen molar-refractivity contribution in [3.63, 3.8) is 0 Å². The average molecular weight is 647 g/mol. The molecule has 1 aliphatic rings. The van der Waals surface area contributed by atoms with Gasteiger partial charge in [0.2, 0.25) is 11.8 Å². The van der Waals surface area contributed by atoms with Gasteiger partial charge in [-0.05, 0) is 55.4 Å². The van der Waals surface area contributed by atoms with Gasteiger partial charge in [0, 0.05) is 12.5 Å². The first kappa shape index (κ1) is 35.6. The van der Waals surface area contributed by atoms with Crippen LogP contribution < -0.4 is 21.3 Å². The van der Waals surface area contributed by atoms with Crippen LogP contribution in [0.4, 0.5) is 18.0 Å². The number of unbranched alkanes of at least 4 members (excludes halogenated alkanes) is 1. The van der Waals surface area contributed by atoms with E-state index >= 15 is 0 Å². The van der Waals surface area contributed by atoms with Gasteiger partial charge in [-0.15, -0.1) is 0 Å². The van der Waals surface area contributed by atoms with Crippen LogP contribution in [0.1, 0.15) is 50.2 Å². The van der Waals surface area contributed by atoms with Crippen LogP contribution in [-0.2, 0) is 28.7 Å². The van der Waals surface area contributed by atoms with Crippen molar-refractivity contribution in [3.05, 3.63) is 72.3 Å². The molecule has 0 radical (unpaired) electrons. The summed E-state index contributed by atoms with van der Waals surface area (Å²) in [6.07, 6.45) is -4.42. The third-order valence-corrected chi connectivity index (χ3v) is 7.22. The molecule has 2 aromatic carbocycles. The van der Waals surface area contributed by atoms with Gasteiger partial charge >= 0.3 is 24.1 Å². The van der Waals surface area contributed by atoms with Crippen molar-refractivity contribution in [1.82, 2.24) is 21.3 Å². The summed E-state index contributed by atoms with van der Waals surface area (Å²) in [5.41, 5.74) is 4.01. The fourth-order valence-electron chi connectivity index (χ4n) is 4.87. The van der Waals surface area contributed by atoms with E-state index in [0.717, 1.165) is 22.3 Å². The number of benzene rings is 2. The maximum Gasteiger partial charge on any atom is 0.471 e. The molecule has 2 aromatic rings. The number of nitrogens with one attached hydrogen (secondary N) is 4. The zero-order valence-corrected chi connectivity index (χ0v) is 25.4. The summed E-state index contributed by atoms with van der Waals surface area (Å²) in [7, 11) is 0. The maximum absolute atomic E-state index is 13.2. The van der Waals surface area contributed by atoms with Gasteiger partial charge in [-0.1, -0.05) is 61.2 Å². The zero-order chi connectivity index (χ0) is 33.9. The Morgan fingerprint density at radius 2 is 1.43 bits per heavy atom. The van der Waals surface area contributed by atoms with Gasteiger partial charge in [-0.3, -0.25) is 14.4 Å². The van der Waals surface area contributed by atoms with Gasteiger partial charge in [-0.25, -0.2) is 9.59 Å². The zero-order valence-electron chi connectivity index (χ0n) is 25.4. The van der Waals surface area contributed by atoms with Gasteiger partial charge < -0.3 is 30.7 Å². The van der Waals surface area contributed by atoms with Crippen molar-refractivity contribution >= 4 is 29.8 Å². The number of carbonyl (C=O) groups excluding carboxylic acids is 5. The first-order chi connectivity index (χ1) is 21.8. The summed E-state index contributed by atoms with van der Waals surface area (Å²) in [5.74, 6) is -4.50. The predicted octanol–water partition coefficient (Wildman–Crippen LogP) is 3.48. The van der Waals surface area contributed by atoms with Gasteiger partial charge in [0.1, 0.15) is 31.3 Å². The molecule has 0 heterocycles. The van der Waals surface area contributed by atoms with E-state index in [-0.39, 0.29) is 44.9 Å².